The molecule has 0 unspecified atom stereocenters. The monoisotopic (exact) mass is 396 g/mol. The molecule has 0 radical (unpaired) electrons. The fourth-order valence-corrected chi connectivity index (χ4v) is 2.91. The molecular weight excluding hydrogens is 380 g/mol. The summed E-state index contributed by atoms with van der Waals surface area (Å²) in [5.41, 5.74) is 3.25. The summed E-state index contributed by atoms with van der Waals surface area (Å²) in [5.74, 6) is -0.224. The van der Waals surface area contributed by atoms with E-state index in [0.29, 0.717) is 5.56 Å². The first-order valence-electron chi connectivity index (χ1n) is 7.97. The van der Waals surface area contributed by atoms with Gasteiger partial charge in [0.15, 0.2) is 5.78 Å². The highest BCUT2D eigenvalue weighted by Gasteiger charge is 2.11. The van der Waals surface area contributed by atoms with Crippen molar-refractivity contribution in [3.8, 4) is 0 Å². The summed E-state index contributed by atoms with van der Waals surface area (Å²) in [6, 6.07) is 14.7. The van der Waals surface area contributed by atoms with E-state index in [2.05, 4.69) is 26.2 Å². The summed E-state index contributed by atoms with van der Waals surface area (Å²) in [7, 11) is 0. The fraction of sp³-hybridized carbons (Fsp3) is 0.150. The molecule has 1 heterocycles. The van der Waals surface area contributed by atoms with Crippen LogP contribution in [0.4, 0.5) is 5.69 Å². The molecule has 0 aliphatic rings. The number of halogens is 1. The molecule has 3 rings (SSSR count). The molecule has 0 fully saturated rings. The lowest BCUT2D eigenvalue weighted by molar-refractivity contribution is -0.116. The molecule has 5 heteroatoms. The van der Waals surface area contributed by atoms with Gasteiger partial charge in [-0.05, 0) is 42.8 Å². The zero-order chi connectivity index (χ0) is 17.8. The minimum absolute atomic E-state index is 0.0434. The Labute approximate surface area is 154 Å². The van der Waals surface area contributed by atoms with Crippen LogP contribution in [-0.4, -0.2) is 16.7 Å². The number of carbonyl (C=O) groups is 2. The number of aromatic nitrogens is 1. The van der Waals surface area contributed by atoms with Crippen molar-refractivity contribution in [1.29, 1.82) is 0 Å². The molecule has 1 aromatic heterocycles. The zero-order valence-electron chi connectivity index (χ0n) is 13.8. The van der Waals surface area contributed by atoms with Crippen LogP contribution in [0.2, 0.25) is 0 Å². The van der Waals surface area contributed by atoms with Gasteiger partial charge in [0, 0.05) is 34.5 Å². The minimum atomic E-state index is -0.181. The molecule has 1 N–H and O–H groups in total. The van der Waals surface area contributed by atoms with Gasteiger partial charge in [0.2, 0.25) is 5.91 Å². The van der Waals surface area contributed by atoms with E-state index in [4.69, 9.17) is 0 Å². The number of Topliss-reactive ketones (excluding diaryl/α,β-unsaturated/α-hetero) is 1. The maximum Gasteiger partial charge on any atom is 0.224 e. The number of carbonyl (C=O) groups excluding carboxylic acids is 2. The van der Waals surface area contributed by atoms with E-state index in [1.807, 2.05) is 43.3 Å². The Kier molecular flexibility index (Phi) is 5.24. The second kappa shape index (κ2) is 7.57. The van der Waals surface area contributed by atoms with Gasteiger partial charge in [-0.1, -0.05) is 34.1 Å². The lowest BCUT2D eigenvalue weighted by Crippen LogP contribution is -2.14. The van der Waals surface area contributed by atoms with Gasteiger partial charge >= 0.3 is 0 Å². The Hall–Kier alpha value is -2.53. The predicted molar refractivity (Wildman–Crippen MR) is 103 cm³/mol. The predicted octanol–water partition coefficient (Wildman–Crippen LogP) is 4.91. The third-order valence-corrected chi connectivity index (χ3v) is 4.52. The molecular formula is C20H17BrN2O2. The SMILES string of the molecule is Cc1ccc(NC(=O)CCC(=O)c2ccc(Br)cc2)c2cccnc12. The lowest BCUT2D eigenvalue weighted by atomic mass is 10.1. The van der Waals surface area contributed by atoms with Crippen LogP contribution in [0, 0.1) is 6.92 Å². The Bertz CT molecular complexity index is 936. The number of hydrogen-bond donors (Lipinski definition) is 1. The van der Waals surface area contributed by atoms with Crippen LogP contribution >= 0.6 is 15.9 Å². The zero-order valence-corrected chi connectivity index (χ0v) is 15.3. The average Bonchev–Trinajstić information content (AvgIpc) is 2.63. The lowest BCUT2D eigenvalue weighted by Gasteiger charge is -2.10. The van der Waals surface area contributed by atoms with Crippen LogP contribution in [0.25, 0.3) is 10.9 Å². The maximum absolute atomic E-state index is 12.2. The summed E-state index contributed by atoms with van der Waals surface area (Å²) < 4.78 is 0.918. The van der Waals surface area contributed by atoms with Crippen molar-refractivity contribution in [1.82, 2.24) is 4.98 Å². The molecule has 0 bridgehead atoms. The largest absolute Gasteiger partial charge is 0.325 e. The van der Waals surface area contributed by atoms with Crippen molar-refractivity contribution >= 4 is 44.2 Å². The van der Waals surface area contributed by atoms with Crippen LogP contribution in [0.1, 0.15) is 28.8 Å². The van der Waals surface area contributed by atoms with Gasteiger partial charge < -0.3 is 5.32 Å². The van der Waals surface area contributed by atoms with E-state index in [1.54, 1.807) is 18.3 Å². The van der Waals surface area contributed by atoms with Crippen LogP contribution in [0.5, 0.6) is 0 Å². The van der Waals surface area contributed by atoms with Crippen LogP contribution in [-0.2, 0) is 4.79 Å². The number of amides is 1. The maximum atomic E-state index is 12.2. The van der Waals surface area contributed by atoms with E-state index in [-0.39, 0.29) is 24.5 Å². The van der Waals surface area contributed by atoms with Crippen molar-refractivity contribution in [3.63, 3.8) is 0 Å². The van der Waals surface area contributed by atoms with E-state index in [1.165, 1.54) is 0 Å². The highest BCUT2D eigenvalue weighted by atomic mass is 79.9. The second-order valence-corrected chi connectivity index (χ2v) is 6.72. The smallest absolute Gasteiger partial charge is 0.224 e. The Balaban J connectivity index is 1.66. The fourth-order valence-electron chi connectivity index (χ4n) is 2.64. The van der Waals surface area contributed by atoms with E-state index in [0.717, 1.165) is 26.6 Å². The first-order valence-corrected chi connectivity index (χ1v) is 8.77. The molecule has 4 nitrogen and oxygen atoms in total. The van der Waals surface area contributed by atoms with Gasteiger partial charge in [-0.15, -0.1) is 0 Å². The highest BCUT2D eigenvalue weighted by molar-refractivity contribution is 9.10. The van der Waals surface area contributed by atoms with Gasteiger partial charge in [-0.3, -0.25) is 14.6 Å². The van der Waals surface area contributed by atoms with Gasteiger partial charge in [-0.25, -0.2) is 0 Å². The van der Waals surface area contributed by atoms with E-state index in [9.17, 15) is 9.59 Å². The first kappa shape index (κ1) is 17.3. The Morgan fingerprint density at radius 3 is 2.56 bits per heavy atom. The summed E-state index contributed by atoms with van der Waals surface area (Å²) in [6.07, 6.45) is 2.05. The standard InChI is InChI=1S/C20H17BrN2O2/c1-13-4-9-17(16-3-2-12-22-20(13)16)23-19(25)11-10-18(24)14-5-7-15(21)8-6-14/h2-9,12H,10-11H2,1H3,(H,23,25). The average molecular weight is 397 g/mol. The van der Waals surface area contributed by atoms with Gasteiger partial charge in [0.25, 0.3) is 0 Å². The van der Waals surface area contributed by atoms with Crippen molar-refractivity contribution in [2.75, 3.05) is 5.32 Å². The van der Waals surface area contributed by atoms with Gasteiger partial charge in [0.05, 0.1) is 11.2 Å². The Morgan fingerprint density at radius 1 is 1.04 bits per heavy atom. The summed E-state index contributed by atoms with van der Waals surface area (Å²) in [5, 5.41) is 3.79. The van der Waals surface area contributed by atoms with Crippen molar-refractivity contribution in [2.24, 2.45) is 0 Å². The Morgan fingerprint density at radius 2 is 1.80 bits per heavy atom. The van der Waals surface area contributed by atoms with Gasteiger partial charge in [0.1, 0.15) is 0 Å². The topological polar surface area (TPSA) is 59.1 Å². The number of pyridine rings is 1. The number of ketones is 1. The number of rotatable bonds is 5. The number of aryl methyl sites for hydroxylation is 1. The van der Waals surface area contributed by atoms with Crippen molar-refractivity contribution < 1.29 is 9.59 Å². The van der Waals surface area contributed by atoms with Gasteiger partial charge in [-0.2, -0.15) is 0 Å². The molecule has 0 saturated carbocycles. The number of benzene rings is 2. The van der Waals surface area contributed by atoms with Crippen molar-refractivity contribution in [2.45, 2.75) is 19.8 Å². The first-order chi connectivity index (χ1) is 12.0. The third-order valence-electron chi connectivity index (χ3n) is 3.99. The number of nitrogens with zero attached hydrogens (tertiary/aromatic N) is 1. The molecule has 25 heavy (non-hydrogen) atoms. The third kappa shape index (κ3) is 4.12. The van der Waals surface area contributed by atoms with Crippen LogP contribution in [0.3, 0.4) is 0 Å². The summed E-state index contributed by atoms with van der Waals surface area (Å²) in [4.78, 5) is 28.8. The molecule has 0 spiro atoms. The number of fused-ring (bicyclic) bond motifs is 1. The second-order valence-electron chi connectivity index (χ2n) is 5.81. The molecule has 0 saturated heterocycles. The van der Waals surface area contributed by atoms with E-state index >= 15 is 0 Å². The quantitative estimate of drug-likeness (QED) is 0.623. The highest BCUT2D eigenvalue weighted by Crippen LogP contribution is 2.24. The van der Waals surface area contributed by atoms with Crippen LogP contribution in [0.15, 0.2) is 59.2 Å². The molecule has 0 aliphatic carbocycles. The summed E-state index contributed by atoms with van der Waals surface area (Å²) >= 11 is 3.34. The number of anilines is 1. The number of nitrogens with one attached hydrogen (secondary N) is 1. The number of hydrogen-bond acceptors (Lipinski definition) is 3. The molecule has 0 aliphatic heterocycles. The minimum Gasteiger partial charge on any atom is -0.325 e. The van der Waals surface area contributed by atoms with E-state index < -0.39 is 0 Å². The van der Waals surface area contributed by atoms with Crippen molar-refractivity contribution in [3.05, 3.63) is 70.3 Å². The summed E-state index contributed by atoms with van der Waals surface area (Å²) in [6.45, 7) is 1.98. The molecule has 0 atom stereocenters. The molecule has 3 aromatic rings. The molecule has 1 amide bonds. The molecule has 126 valence electrons. The normalized spacial score (nSPS) is 10.6. The van der Waals surface area contributed by atoms with Crippen LogP contribution < -0.4 is 5.32 Å². The molecule has 2 aromatic carbocycles.